The van der Waals surface area contributed by atoms with Gasteiger partial charge in [-0.05, 0) is 13.8 Å². The predicted molar refractivity (Wildman–Crippen MR) is 62.8 cm³/mol. The van der Waals surface area contributed by atoms with Crippen LogP contribution < -0.4 is 0 Å². The van der Waals surface area contributed by atoms with E-state index < -0.39 is 24.2 Å². The van der Waals surface area contributed by atoms with Gasteiger partial charge in [0, 0.05) is 25.4 Å². The first-order chi connectivity index (χ1) is 9.06. The Morgan fingerprint density at radius 3 is 2.50 bits per heavy atom. The molecule has 110 valence electrons. The van der Waals surface area contributed by atoms with Crippen LogP contribution in [-0.4, -0.2) is 43.4 Å². The molecule has 0 bridgehead atoms. The molecule has 1 aromatic rings. The number of amides is 1. The summed E-state index contributed by atoms with van der Waals surface area (Å²) < 4.78 is 40.3. The van der Waals surface area contributed by atoms with Crippen molar-refractivity contribution in [1.29, 1.82) is 0 Å². The van der Waals surface area contributed by atoms with Gasteiger partial charge in [0.25, 0.3) is 11.6 Å². The van der Waals surface area contributed by atoms with E-state index in [0.29, 0.717) is 0 Å². The van der Waals surface area contributed by atoms with Crippen molar-refractivity contribution in [2.24, 2.45) is 12.1 Å². The van der Waals surface area contributed by atoms with Crippen LogP contribution >= 0.6 is 0 Å². The van der Waals surface area contributed by atoms with E-state index in [1.807, 2.05) is 0 Å². The number of carbonyl (C=O) groups excluding carboxylic acids is 1. The Balaban J connectivity index is 2.44. The van der Waals surface area contributed by atoms with Crippen molar-refractivity contribution >= 4 is 11.6 Å². The SMILES string of the molecule is CC1=NN(C(=O)c2cn(C)nc2C)C(O)(C(F)(F)F)C1. The minimum Gasteiger partial charge on any atom is -0.362 e. The average molecular weight is 290 g/mol. The summed E-state index contributed by atoms with van der Waals surface area (Å²) in [7, 11) is 1.54. The molecule has 1 aromatic heterocycles. The van der Waals surface area contributed by atoms with Crippen LogP contribution in [0.2, 0.25) is 0 Å². The molecule has 0 aromatic carbocycles. The number of alkyl halides is 3. The number of hydrogen-bond donors (Lipinski definition) is 1. The molecule has 6 nitrogen and oxygen atoms in total. The van der Waals surface area contributed by atoms with Gasteiger partial charge in [0.1, 0.15) is 0 Å². The maximum Gasteiger partial charge on any atom is 0.438 e. The highest BCUT2D eigenvalue weighted by molar-refractivity contribution is 5.98. The van der Waals surface area contributed by atoms with Gasteiger partial charge in [-0.15, -0.1) is 0 Å². The molecule has 9 heteroatoms. The molecule has 1 amide bonds. The minimum absolute atomic E-state index is 0.0275. The highest BCUT2D eigenvalue weighted by Gasteiger charge is 2.62. The molecule has 0 radical (unpaired) electrons. The Bertz CT molecular complexity index is 593. The summed E-state index contributed by atoms with van der Waals surface area (Å²) in [6, 6.07) is 0. The lowest BCUT2D eigenvalue weighted by atomic mass is 10.1. The number of aryl methyl sites for hydroxylation is 2. The van der Waals surface area contributed by atoms with Crippen molar-refractivity contribution in [3.63, 3.8) is 0 Å². The van der Waals surface area contributed by atoms with Crippen LogP contribution in [0.3, 0.4) is 0 Å². The number of halogens is 3. The van der Waals surface area contributed by atoms with Crippen molar-refractivity contribution in [3.8, 4) is 0 Å². The highest BCUT2D eigenvalue weighted by atomic mass is 19.4. The minimum atomic E-state index is -5.00. The largest absolute Gasteiger partial charge is 0.438 e. The Hall–Kier alpha value is -1.90. The third kappa shape index (κ3) is 2.07. The van der Waals surface area contributed by atoms with E-state index in [1.165, 1.54) is 31.8 Å². The van der Waals surface area contributed by atoms with Crippen LogP contribution in [0.1, 0.15) is 29.4 Å². The Labute approximate surface area is 112 Å². The Kier molecular flexibility index (Phi) is 3.12. The summed E-state index contributed by atoms with van der Waals surface area (Å²) in [5, 5.41) is 17.3. The van der Waals surface area contributed by atoms with Gasteiger partial charge in [-0.25, -0.2) is 0 Å². The molecule has 0 fully saturated rings. The molecule has 1 aliphatic rings. The molecule has 1 unspecified atom stereocenters. The van der Waals surface area contributed by atoms with Gasteiger partial charge < -0.3 is 5.11 Å². The Morgan fingerprint density at radius 1 is 1.45 bits per heavy atom. The second-order valence-corrected chi connectivity index (χ2v) is 4.75. The molecular weight excluding hydrogens is 277 g/mol. The second-order valence-electron chi connectivity index (χ2n) is 4.75. The summed E-state index contributed by atoms with van der Waals surface area (Å²) >= 11 is 0. The fraction of sp³-hybridized carbons (Fsp3) is 0.545. The van der Waals surface area contributed by atoms with Gasteiger partial charge in [0.15, 0.2) is 0 Å². The summed E-state index contributed by atoms with van der Waals surface area (Å²) in [6.07, 6.45) is -4.47. The molecule has 0 saturated heterocycles. The van der Waals surface area contributed by atoms with Crippen molar-refractivity contribution < 1.29 is 23.1 Å². The smallest absolute Gasteiger partial charge is 0.362 e. The zero-order valence-corrected chi connectivity index (χ0v) is 11.1. The molecule has 0 aliphatic carbocycles. The quantitative estimate of drug-likeness (QED) is 0.845. The number of aromatic nitrogens is 2. The summed E-state index contributed by atoms with van der Waals surface area (Å²) in [5.41, 5.74) is -3.05. The molecule has 2 rings (SSSR count). The third-order valence-corrected chi connectivity index (χ3v) is 3.01. The average Bonchev–Trinajstić information content (AvgIpc) is 2.77. The fourth-order valence-corrected chi connectivity index (χ4v) is 2.08. The predicted octanol–water partition coefficient (Wildman–Crippen LogP) is 1.20. The summed E-state index contributed by atoms with van der Waals surface area (Å²) in [4.78, 5) is 12.2. The zero-order valence-electron chi connectivity index (χ0n) is 11.1. The maximum atomic E-state index is 13.0. The van der Waals surface area contributed by atoms with E-state index in [2.05, 4.69) is 10.2 Å². The van der Waals surface area contributed by atoms with Crippen molar-refractivity contribution in [3.05, 3.63) is 17.5 Å². The Morgan fingerprint density at radius 2 is 2.05 bits per heavy atom. The lowest BCUT2D eigenvalue weighted by molar-refractivity contribution is -0.297. The lowest BCUT2D eigenvalue weighted by Crippen LogP contribution is -2.56. The van der Waals surface area contributed by atoms with Crippen LogP contribution in [0.25, 0.3) is 0 Å². The number of rotatable bonds is 1. The first-order valence-electron chi connectivity index (χ1n) is 5.74. The lowest BCUT2D eigenvalue weighted by Gasteiger charge is -2.32. The summed E-state index contributed by atoms with van der Waals surface area (Å²) in [6.45, 7) is 2.81. The van der Waals surface area contributed by atoms with Gasteiger partial charge in [0.05, 0.1) is 11.3 Å². The molecule has 0 spiro atoms. The monoisotopic (exact) mass is 290 g/mol. The molecule has 1 aliphatic heterocycles. The van der Waals surface area contributed by atoms with Gasteiger partial charge in [-0.2, -0.15) is 28.4 Å². The van der Waals surface area contributed by atoms with Gasteiger partial charge in [-0.1, -0.05) is 0 Å². The fourth-order valence-electron chi connectivity index (χ4n) is 2.08. The van der Waals surface area contributed by atoms with E-state index in [1.54, 1.807) is 0 Å². The number of carbonyl (C=O) groups is 1. The van der Waals surface area contributed by atoms with Crippen LogP contribution in [0, 0.1) is 6.92 Å². The number of nitrogens with zero attached hydrogens (tertiary/aromatic N) is 4. The third-order valence-electron chi connectivity index (χ3n) is 3.01. The molecule has 0 saturated carbocycles. The number of hydrogen-bond acceptors (Lipinski definition) is 4. The van der Waals surface area contributed by atoms with E-state index >= 15 is 0 Å². The number of aliphatic hydroxyl groups is 1. The molecule has 20 heavy (non-hydrogen) atoms. The van der Waals surface area contributed by atoms with E-state index in [0.717, 1.165) is 0 Å². The van der Waals surface area contributed by atoms with Crippen LogP contribution in [-0.2, 0) is 7.05 Å². The van der Waals surface area contributed by atoms with E-state index in [9.17, 15) is 23.1 Å². The molecule has 2 heterocycles. The van der Waals surface area contributed by atoms with Crippen molar-refractivity contribution in [2.75, 3.05) is 0 Å². The van der Waals surface area contributed by atoms with Crippen LogP contribution in [0.5, 0.6) is 0 Å². The highest BCUT2D eigenvalue weighted by Crippen LogP contribution is 2.40. The maximum absolute atomic E-state index is 13.0. The van der Waals surface area contributed by atoms with Crippen molar-refractivity contribution in [1.82, 2.24) is 14.8 Å². The first kappa shape index (κ1) is 14.5. The van der Waals surface area contributed by atoms with Gasteiger partial charge in [-0.3, -0.25) is 9.48 Å². The van der Waals surface area contributed by atoms with Gasteiger partial charge in [0.2, 0.25) is 0 Å². The topological polar surface area (TPSA) is 70.7 Å². The van der Waals surface area contributed by atoms with Gasteiger partial charge >= 0.3 is 6.18 Å². The normalized spacial score (nSPS) is 23.1. The van der Waals surface area contributed by atoms with Crippen LogP contribution in [0.4, 0.5) is 13.2 Å². The molecule has 1 atom stereocenters. The standard InChI is InChI=1S/C11H13F3N4O2/c1-6-4-10(20,11(12,13)14)18(15-6)9(19)8-5-17(3)16-7(8)2/h5,20H,4H2,1-3H3. The van der Waals surface area contributed by atoms with E-state index in [-0.39, 0.29) is 22.0 Å². The zero-order chi connectivity index (χ0) is 15.3. The van der Waals surface area contributed by atoms with E-state index in [4.69, 9.17) is 0 Å². The number of hydrazone groups is 1. The van der Waals surface area contributed by atoms with Crippen molar-refractivity contribution in [2.45, 2.75) is 32.2 Å². The molecular formula is C11H13F3N4O2. The summed E-state index contributed by atoms with van der Waals surface area (Å²) in [5.74, 6) is -1.03. The second kappa shape index (κ2) is 4.30. The molecule has 1 N–H and O–H groups in total. The first-order valence-corrected chi connectivity index (χ1v) is 5.74. The van der Waals surface area contributed by atoms with Crippen LogP contribution in [0.15, 0.2) is 11.3 Å².